The third kappa shape index (κ3) is 4.34. The van der Waals surface area contributed by atoms with Gasteiger partial charge in [0.1, 0.15) is 6.10 Å². The van der Waals surface area contributed by atoms with Crippen molar-refractivity contribution in [2.24, 2.45) is 23.2 Å². The highest BCUT2D eigenvalue weighted by molar-refractivity contribution is 5.83. The Morgan fingerprint density at radius 1 is 1.28 bits per heavy atom. The van der Waals surface area contributed by atoms with E-state index in [9.17, 15) is 9.59 Å². The number of hydrogen-bond acceptors (Lipinski definition) is 4. The number of ether oxygens (including phenoxy) is 2. The molecule has 2 rings (SSSR count). The largest absolute Gasteiger partial charge is 0.469 e. The molecule has 0 bridgehead atoms. The zero-order valence-electron chi connectivity index (χ0n) is 16.3. The molecule has 140 valence electrons. The van der Waals surface area contributed by atoms with E-state index in [1.54, 1.807) is 0 Å². The van der Waals surface area contributed by atoms with E-state index in [2.05, 4.69) is 13.5 Å². The summed E-state index contributed by atoms with van der Waals surface area (Å²) < 4.78 is 10.6. The Morgan fingerprint density at radius 2 is 1.92 bits per heavy atom. The van der Waals surface area contributed by atoms with Crippen LogP contribution in [0.5, 0.6) is 0 Å². The fraction of sp³-hybridized carbons (Fsp3) is 0.714. The molecule has 2 saturated carbocycles. The summed E-state index contributed by atoms with van der Waals surface area (Å²) in [5, 5.41) is 0. The minimum absolute atomic E-state index is 0.101. The van der Waals surface area contributed by atoms with Gasteiger partial charge >= 0.3 is 11.9 Å². The molecule has 0 heterocycles. The molecule has 0 aromatic heterocycles. The summed E-state index contributed by atoms with van der Waals surface area (Å²) >= 11 is 0. The topological polar surface area (TPSA) is 52.6 Å². The minimum atomic E-state index is -0.287. The quantitative estimate of drug-likeness (QED) is 0.428. The first-order valence-corrected chi connectivity index (χ1v) is 9.30. The van der Waals surface area contributed by atoms with Crippen LogP contribution >= 0.6 is 0 Å². The van der Waals surface area contributed by atoms with Crippen molar-refractivity contribution in [1.82, 2.24) is 0 Å². The molecule has 4 nitrogen and oxygen atoms in total. The van der Waals surface area contributed by atoms with E-state index in [1.165, 1.54) is 13.2 Å². The number of fused-ring (bicyclic) bond motifs is 1. The van der Waals surface area contributed by atoms with Gasteiger partial charge in [0.25, 0.3) is 0 Å². The molecule has 0 saturated heterocycles. The lowest BCUT2D eigenvalue weighted by atomic mass is 9.55. The number of methoxy groups -OCH3 is 1. The van der Waals surface area contributed by atoms with Crippen LogP contribution in [0, 0.1) is 23.2 Å². The van der Waals surface area contributed by atoms with Crippen LogP contribution in [0.25, 0.3) is 0 Å². The third-order valence-electron chi connectivity index (χ3n) is 6.25. The van der Waals surface area contributed by atoms with E-state index in [0.29, 0.717) is 5.92 Å². The fourth-order valence-corrected chi connectivity index (χ4v) is 4.54. The maximum Gasteiger partial charge on any atom is 0.331 e. The van der Waals surface area contributed by atoms with Crippen molar-refractivity contribution >= 4 is 11.9 Å². The van der Waals surface area contributed by atoms with Crippen LogP contribution in [0.4, 0.5) is 0 Å². The van der Waals surface area contributed by atoms with Gasteiger partial charge < -0.3 is 9.47 Å². The molecule has 0 N–H and O–H groups in total. The Morgan fingerprint density at radius 3 is 2.52 bits per heavy atom. The molecule has 0 aliphatic heterocycles. The van der Waals surface area contributed by atoms with Gasteiger partial charge in [-0.15, -0.1) is 0 Å². The second-order valence-corrected chi connectivity index (χ2v) is 8.31. The van der Waals surface area contributed by atoms with Gasteiger partial charge in [-0.3, -0.25) is 4.79 Å². The lowest BCUT2D eigenvalue weighted by molar-refractivity contribution is -0.148. The molecule has 0 amide bonds. The SMILES string of the molecule is C=C1C(OC(=O)C=C(C)C)CCC2(C)CCC(C(C)C(=O)OC)CC12. The molecule has 0 radical (unpaired) electrons. The Labute approximate surface area is 151 Å². The Balaban J connectivity index is 2.10. The van der Waals surface area contributed by atoms with E-state index in [1.807, 2.05) is 20.8 Å². The van der Waals surface area contributed by atoms with E-state index in [4.69, 9.17) is 9.47 Å². The van der Waals surface area contributed by atoms with Crippen LogP contribution in [-0.2, 0) is 19.1 Å². The molecule has 2 aliphatic rings. The molecule has 0 aromatic rings. The van der Waals surface area contributed by atoms with Crippen LogP contribution in [0.15, 0.2) is 23.8 Å². The van der Waals surface area contributed by atoms with Crippen molar-refractivity contribution in [3.8, 4) is 0 Å². The second-order valence-electron chi connectivity index (χ2n) is 8.31. The molecule has 5 unspecified atom stereocenters. The average Bonchev–Trinajstić information content (AvgIpc) is 2.55. The molecular formula is C21H32O4. The third-order valence-corrected chi connectivity index (χ3v) is 6.25. The summed E-state index contributed by atoms with van der Waals surface area (Å²) in [5.41, 5.74) is 2.15. The van der Waals surface area contributed by atoms with Crippen molar-refractivity contribution in [2.75, 3.05) is 7.11 Å². The number of hydrogen-bond donors (Lipinski definition) is 0. The number of rotatable bonds is 4. The van der Waals surface area contributed by atoms with Crippen molar-refractivity contribution in [2.45, 2.75) is 65.9 Å². The first-order valence-electron chi connectivity index (χ1n) is 9.30. The summed E-state index contributed by atoms with van der Waals surface area (Å²) in [6, 6.07) is 0. The van der Waals surface area contributed by atoms with Crippen molar-refractivity contribution in [3.05, 3.63) is 23.8 Å². The Bertz CT molecular complexity index is 572. The summed E-state index contributed by atoms with van der Waals surface area (Å²) in [4.78, 5) is 23.9. The number of esters is 2. The van der Waals surface area contributed by atoms with E-state index in [0.717, 1.165) is 43.3 Å². The first-order chi connectivity index (χ1) is 11.7. The van der Waals surface area contributed by atoms with Gasteiger partial charge in [-0.1, -0.05) is 26.0 Å². The number of carbonyl (C=O) groups is 2. The maximum atomic E-state index is 12.0. The van der Waals surface area contributed by atoms with Gasteiger partial charge in [-0.25, -0.2) is 4.79 Å². The van der Waals surface area contributed by atoms with E-state index >= 15 is 0 Å². The molecule has 5 atom stereocenters. The van der Waals surface area contributed by atoms with Gasteiger partial charge in [-0.05, 0) is 68.8 Å². The summed E-state index contributed by atoms with van der Waals surface area (Å²) in [7, 11) is 1.45. The average molecular weight is 348 g/mol. The smallest absolute Gasteiger partial charge is 0.331 e. The van der Waals surface area contributed by atoms with Gasteiger partial charge in [-0.2, -0.15) is 0 Å². The van der Waals surface area contributed by atoms with Crippen LogP contribution in [0.1, 0.15) is 59.8 Å². The minimum Gasteiger partial charge on any atom is -0.469 e. The van der Waals surface area contributed by atoms with Crippen molar-refractivity contribution in [1.29, 1.82) is 0 Å². The van der Waals surface area contributed by atoms with E-state index < -0.39 is 0 Å². The van der Waals surface area contributed by atoms with Gasteiger partial charge in [0.2, 0.25) is 0 Å². The van der Waals surface area contributed by atoms with Gasteiger partial charge in [0, 0.05) is 6.08 Å². The fourth-order valence-electron chi connectivity index (χ4n) is 4.54. The van der Waals surface area contributed by atoms with Crippen LogP contribution in [0.3, 0.4) is 0 Å². The molecule has 0 spiro atoms. The molecule has 25 heavy (non-hydrogen) atoms. The zero-order valence-corrected chi connectivity index (χ0v) is 16.3. The van der Waals surface area contributed by atoms with Crippen LogP contribution in [0.2, 0.25) is 0 Å². The molecular weight excluding hydrogens is 316 g/mol. The predicted molar refractivity (Wildman–Crippen MR) is 97.8 cm³/mol. The molecule has 2 fully saturated rings. The standard InChI is InChI=1S/C21H32O4/c1-13(2)11-19(22)25-18-8-10-21(5)9-7-16(12-17(21)15(18)4)14(3)20(23)24-6/h11,14,16-18H,4,7-10,12H2,1-3,5-6H3. The lowest BCUT2D eigenvalue weighted by Gasteiger charge is -2.51. The van der Waals surface area contributed by atoms with Crippen LogP contribution in [-0.4, -0.2) is 25.2 Å². The Kier molecular flexibility index (Phi) is 6.12. The molecule has 0 aromatic carbocycles. The maximum absolute atomic E-state index is 12.0. The normalized spacial score (nSPS) is 33.0. The highest BCUT2D eigenvalue weighted by atomic mass is 16.5. The predicted octanol–water partition coefficient (Wildman–Crippen LogP) is 4.45. The number of carbonyl (C=O) groups excluding carboxylic acids is 2. The monoisotopic (exact) mass is 348 g/mol. The Hall–Kier alpha value is -1.58. The first kappa shape index (κ1) is 19.7. The van der Waals surface area contributed by atoms with Gasteiger partial charge in [0.15, 0.2) is 0 Å². The number of allylic oxidation sites excluding steroid dienone is 1. The van der Waals surface area contributed by atoms with Crippen LogP contribution < -0.4 is 0 Å². The lowest BCUT2D eigenvalue weighted by Crippen LogP contribution is -2.45. The van der Waals surface area contributed by atoms with Crippen molar-refractivity contribution in [3.63, 3.8) is 0 Å². The second kappa shape index (κ2) is 7.76. The highest BCUT2D eigenvalue weighted by Gasteiger charge is 2.48. The zero-order chi connectivity index (χ0) is 18.8. The molecule has 2 aliphatic carbocycles. The van der Waals surface area contributed by atoms with Crippen molar-refractivity contribution < 1.29 is 19.1 Å². The molecule has 4 heteroatoms. The van der Waals surface area contributed by atoms with Gasteiger partial charge in [0.05, 0.1) is 13.0 Å². The highest BCUT2D eigenvalue weighted by Crippen LogP contribution is 2.55. The summed E-state index contributed by atoms with van der Waals surface area (Å²) in [6.45, 7) is 12.3. The summed E-state index contributed by atoms with van der Waals surface area (Å²) in [6.07, 6.45) is 6.23. The van der Waals surface area contributed by atoms with E-state index in [-0.39, 0.29) is 35.3 Å². The summed E-state index contributed by atoms with van der Waals surface area (Å²) in [5.74, 6) is 0.0636.